The first-order valence-corrected chi connectivity index (χ1v) is 8.17. The topological polar surface area (TPSA) is 58.2 Å². The number of hydrogen-bond acceptors (Lipinski definition) is 2. The van der Waals surface area contributed by atoms with Crippen LogP contribution >= 0.6 is 15.9 Å². The quantitative estimate of drug-likeness (QED) is 0.737. The van der Waals surface area contributed by atoms with Crippen LogP contribution < -0.4 is 10.6 Å². The van der Waals surface area contributed by atoms with Crippen molar-refractivity contribution in [3.63, 3.8) is 0 Å². The molecule has 116 valence electrons. The molecule has 21 heavy (non-hydrogen) atoms. The van der Waals surface area contributed by atoms with Gasteiger partial charge in [-0.2, -0.15) is 0 Å². The largest absolute Gasteiger partial charge is 0.355 e. The number of para-hydroxylation sites is 1. The number of carbonyl (C=O) groups excluding carboxylic acids is 2. The molecule has 0 bridgehead atoms. The molecule has 0 unspecified atom stereocenters. The lowest BCUT2D eigenvalue weighted by Crippen LogP contribution is -2.33. The van der Waals surface area contributed by atoms with Crippen LogP contribution in [0.4, 0.5) is 5.69 Å². The van der Waals surface area contributed by atoms with Crippen LogP contribution in [-0.4, -0.2) is 23.2 Å². The maximum Gasteiger partial charge on any atom is 0.233 e. The Morgan fingerprint density at radius 2 is 1.90 bits per heavy atom. The molecular weight excluding hydrogens is 332 g/mol. The minimum Gasteiger partial charge on any atom is -0.355 e. The summed E-state index contributed by atoms with van der Waals surface area (Å²) < 4.78 is 0. The summed E-state index contributed by atoms with van der Waals surface area (Å²) in [4.78, 5) is 23.3. The van der Waals surface area contributed by atoms with Crippen LogP contribution in [0.5, 0.6) is 0 Å². The first-order valence-electron chi connectivity index (χ1n) is 7.26. The third kappa shape index (κ3) is 5.87. The molecule has 0 aliphatic heterocycles. The van der Waals surface area contributed by atoms with Gasteiger partial charge in [0.25, 0.3) is 0 Å². The van der Waals surface area contributed by atoms with Crippen molar-refractivity contribution in [1.82, 2.24) is 5.32 Å². The van der Waals surface area contributed by atoms with Gasteiger partial charge in [-0.15, -0.1) is 0 Å². The van der Waals surface area contributed by atoms with E-state index in [1.807, 2.05) is 31.2 Å². The maximum absolute atomic E-state index is 11.9. The number of amides is 2. The van der Waals surface area contributed by atoms with E-state index in [0.717, 1.165) is 17.7 Å². The van der Waals surface area contributed by atoms with E-state index in [-0.39, 0.29) is 23.1 Å². The molecule has 0 spiro atoms. The maximum atomic E-state index is 11.9. The van der Waals surface area contributed by atoms with Gasteiger partial charge in [0.1, 0.15) is 0 Å². The van der Waals surface area contributed by atoms with Crippen molar-refractivity contribution in [2.75, 3.05) is 11.9 Å². The lowest BCUT2D eigenvalue weighted by Gasteiger charge is -2.14. The van der Waals surface area contributed by atoms with E-state index < -0.39 is 0 Å². The standard InChI is InChI=1S/C16H23BrN2O2/c1-4-13(17)16(21)18-10-9-15(20)19-14-8-6-5-7-12(14)11(2)3/h5-8,11,13H,4,9-10H2,1-3H3,(H,18,21)(H,19,20)/t13-/m1/s1. The first kappa shape index (κ1) is 17.7. The highest BCUT2D eigenvalue weighted by molar-refractivity contribution is 9.10. The fourth-order valence-electron chi connectivity index (χ4n) is 1.92. The van der Waals surface area contributed by atoms with E-state index in [4.69, 9.17) is 0 Å². The molecule has 1 atom stereocenters. The van der Waals surface area contributed by atoms with Crippen LogP contribution in [0.25, 0.3) is 0 Å². The van der Waals surface area contributed by atoms with Gasteiger partial charge in [-0.1, -0.05) is 54.9 Å². The van der Waals surface area contributed by atoms with Gasteiger partial charge in [0.2, 0.25) is 11.8 Å². The molecule has 2 N–H and O–H groups in total. The summed E-state index contributed by atoms with van der Waals surface area (Å²) in [6.07, 6.45) is 0.987. The molecule has 0 aliphatic rings. The predicted molar refractivity (Wildman–Crippen MR) is 89.8 cm³/mol. The Labute approximate surface area is 134 Å². The van der Waals surface area contributed by atoms with Crippen molar-refractivity contribution in [2.45, 2.75) is 44.4 Å². The van der Waals surface area contributed by atoms with Gasteiger partial charge in [-0.05, 0) is 24.0 Å². The molecule has 0 heterocycles. The van der Waals surface area contributed by atoms with Crippen molar-refractivity contribution in [1.29, 1.82) is 0 Å². The number of nitrogens with one attached hydrogen (secondary N) is 2. The molecule has 4 nitrogen and oxygen atoms in total. The molecule has 0 saturated heterocycles. The molecule has 5 heteroatoms. The number of rotatable bonds is 7. The highest BCUT2D eigenvalue weighted by Crippen LogP contribution is 2.23. The molecule has 0 radical (unpaired) electrons. The second kappa shape index (κ2) is 8.82. The van der Waals surface area contributed by atoms with E-state index in [2.05, 4.69) is 40.4 Å². The fraction of sp³-hybridized carbons (Fsp3) is 0.500. The van der Waals surface area contributed by atoms with Gasteiger partial charge in [0, 0.05) is 18.7 Å². The summed E-state index contributed by atoms with van der Waals surface area (Å²) in [6, 6.07) is 7.78. The number of alkyl halides is 1. The van der Waals surface area contributed by atoms with Crippen LogP contribution in [0.15, 0.2) is 24.3 Å². The predicted octanol–water partition coefficient (Wildman–Crippen LogP) is 3.43. The second-order valence-corrected chi connectivity index (χ2v) is 6.31. The molecule has 0 aliphatic carbocycles. The van der Waals surface area contributed by atoms with Crippen LogP contribution in [-0.2, 0) is 9.59 Å². The Balaban J connectivity index is 2.46. The Bertz CT molecular complexity index is 489. The molecular formula is C16H23BrN2O2. The molecule has 2 amide bonds. The monoisotopic (exact) mass is 354 g/mol. The third-order valence-electron chi connectivity index (χ3n) is 3.15. The van der Waals surface area contributed by atoms with Crippen LogP contribution in [0.2, 0.25) is 0 Å². The second-order valence-electron chi connectivity index (χ2n) is 5.21. The number of benzene rings is 1. The zero-order valence-electron chi connectivity index (χ0n) is 12.8. The molecule has 1 rings (SSSR count). The summed E-state index contributed by atoms with van der Waals surface area (Å²) in [5.74, 6) is 0.179. The lowest BCUT2D eigenvalue weighted by molar-refractivity contribution is -0.120. The number of carbonyl (C=O) groups is 2. The number of halogens is 1. The van der Waals surface area contributed by atoms with Crippen molar-refractivity contribution in [3.05, 3.63) is 29.8 Å². The zero-order valence-corrected chi connectivity index (χ0v) is 14.4. The van der Waals surface area contributed by atoms with Crippen molar-refractivity contribution in [3.8, 4) is 0 Å². The van der Waals surface area contributed by atoms with Crippen molar-refractivity contribution < 1.29 is 9.59 Å². The van der Waals surface area contributed by atoms with Gasteiger partial charge in [-0.3, -0.25) is 9.59 Å². The van der Waals surface area contributed by atoms with E-state index >= 15 is 0 Å². The SMILES string of the molecule is CC[C@@H](Br)C(=O)NCCC(=O)Nc1ccccc1C(C)C. The Morgan fingerprint density at radius 1 is 1.24 bits per heavy atom. The summed E-state index contributed by atoms with van der Waals surface area (Å²) in [7, 11) is 0. The van der Waals surface area contributed by atoms with Crippen LogP contribution in [0.3, 0.4) is 0 Å². The van der Waals surface area contributed by atoms with Crippen LogP contribution in [0, 0.1) is 0 Å². The highest BCUT2D eigenvalue weighted by Gasteiger charge is 2.13. The fourth-order valence-corrected chi connectivity index (χ4v) is 2.08. The van der Waals surface area contributed by atoms with E-state index in [1.54, 1.807) is 0 Å². The van der Waals surface area contributed by atoms with Gasteiger partial charge in [-0.25, -0.2) is 0 Å². The number of hydrogen-bond donors (Lipinski definition) is 2. The first-order chi connectivity index (χ1) is 9.95. The van der Waals surface area contributed by atoms with Gasteiger partial charge >= 0.3 is 0 Å². The summed E-state index contributed by atoms with van der Waals surface area (Å²) in [5, 5.41) is 5.65. The average molecular weight is 355 g/mol. The number of anilines is 1. The summed E-state index contributed by atoms with van der Waals surface area (Å²) in [5.41, 5.74) is 1.96. The van der Waals surface area contributed by atoms with Gasteiger partial charge in [0.05, 0.1) is 4.83 Å². The smallest absolute Gasteiger partial charge is 0.233 e. The third-order valence-corrected chi connectivity index (χ3v) is 4.21. The lowest BCUT2D eigenvalue weighted by atomic mass is 10.0. The molecule has 0 saturated carbocycles. The molecule has 0 aromatic heterocycles. The van der Waals surface area contributed by atoms with E-state index in [9.17, 15) is 9.59 Å². The van der Waals surface area contributed by atoms with Gasteiger partial charge < -0.3 is 10.6 Å². The normalized spacial score (nSPS) is 12.0. The zero-order chi connectivity index (χ0) is 15.8. The van der Waals surface area contributed by atoms with E-state index in [0.29, 0.717) is 12.5 Å². The Hall–Kier alpha value is -1.36. The van der Waals surface area contributed by atoms with Crippen molar-refractivity contribution in [2.24, 2.45) is 0 Å². The summed E-state index contributed by atoms with van der Waals surface area (Å²) in [6.45, 7) is 6.45. The van der Waals surface area contributed by atoms with Gasteiger partial charge in [0.15, 0.2) is 0 Å². The van der Waals surface area contributed by atoms with Crippen molar-refractivity contribution >= 4 is 33.4 Å². The summed E-state index contributed by atoms with van der Waals surface area (Å²) >= 11 is 3.28. The minimum atomic E-state index is -0.192. The molecule has 0 fully saturated rings. The minimum absolute atomic E-state index is 0.0760. The Morgan fingerprint density at radius 3 is 2.52 bits per heavy atom. The molecule has 1 aromatic rings. The highest BCUT2D eigenvalue weighted by atomic mass is 79.9. The van der Waals surface area contributed by atoms with E-state index in [1.165, 1.54) is 0 Å². The molecule has 1 aromatic carbocycles. The average Bonchev–Trinajstić information content (AvgIpc) is 2.46. The Kier molecular flexibility index (Phi) is 7.43. The van der Waals surface area contributed by atoms with Crippen LogP contribution in [0.1, 0.15) is 45.1 Å².